The average Bonchev–Trinajstić information content (AvgIpc) is 3.76. The summed E-state index contributed by atoms with van der Waals surface area (Å²) in [6, 6.07) is 11.5. The lowest BCUT2D eigenvalue weighted by molar-refractivity contribution is -0.261. The largest absolute Gasteiger partial charge is 0.472 e. The Balaban J connectivity index is 1.42. The lowest BCUT2D eigenvalue weighted by Gasteiger charge is -2.66. The molecule has 12 atom stereocenters. The van der Waals surface area contributed by atoms with Crippen LogP contribution in [0.25, 0.3) is 6.08 Å². The third kappa shape index (κ3) is 5.29. The molecule has 3 heterocycles. The Morgan fingerprint density at radius 1 is 0.939 bits per heavy atom. The van der Waals surface area contributed by atoms with Crippen LogP contribution in [0.4, 0.5) is 0 Å². The summed E-state index contributed by atoms with van der Waals surface area (Å²) in [5.74, 6) is -2.25. The molecule has 0 amide bonds. The minimum Gasteiger partial charge on any atom is -0.472 e. The van der Waals surface area contributed by atoms with Crippen LogP contribution >= 0.6 is 0 Å². The Bertz CT molecular complexity index is 1660. The molecule has 10 heteroatoms. The molecule has 262 valence electrons. The van der Waals surface area contributed by atoms with Crippen LogP contribution < -0.4 is 0 Å². The molecule has 12 unspecified atom stereocenters. The third-order valence-electron chi connectivity index (χ3n) is 12.6. The van der Waals surface area contributed by atoms with E-state index in [9.17, 15) is 19.5 Å². The Labute approximate surface area is 286 Å². The van der Waals surface area contributed by atoms with Gasteiger partial charge in [-0.05, 0) is 48.1 Å². The normalized spacial score (nSPS) is 41.0. The second-order valence-corrected chi connectivity index (χ2v) is 15.3. The first kappa shape index (κ1) is 33.8. The summed E-state index contributed by atoms with van der Waals surface area (Å²) in [7, 11) is 0. The summed E-state index contributed by atoms with van der Waals surface area (Å²) >= 11 is 0. The highest BCUT2D eigenvalue weighted by atomic mass is 16.6. The number of carbonyl (C=O) groups is 3. The van der Waals surface area contributed by atoms with Gasteiger partial charge < -0.3 is 33.2 Å². The first-order valence-electron chi connectivity index (χ1n) is 17.2. The first-order valence-corrected chi connectivity index (χ1v) is 17.2. The van der Waals surface area contributed by atoms with Crippen LogP contribution in [0.1, 0.15) is 77.8 Å². The summed E-state index contributed by atoms with van der Waals surface area (Å²) in [6.45, 7) is 11.3. The van der Waals surface area contributed by atoms with E-state index in [1.54, 1.807) is 18.6 Å². The second kappa shape index (κ2) is 12.2. The third-order valence-corrected chi connectivity index (χ3v) is 12.6. The molecular formula is C39H46O10. The molecule has 1 aromatic heterocycles. The van der Waals surface area contributed by atoms with Gasteiger partial charge in [-0.1, -0.05) is 56.7 Å². The number of hydrogen-bond acceptors (Lipinski definition) is 10. The summed E-state index contributed by atoms with van der Waals surface area (Å²) in [4.78, 5) is 39.1. The molecule has 0 bridgehead atoms. The maximum Gasteiger partial charge on any atom is 0.331 e. The molecule has 0 spiro atoms. The number of benzene rings is 1. The van der Waals surface area contributed by atoms with Gasteiger partial charge in [0.05, 0.1) is 31.3 Å². The number of fused-ring (bicyclic) bond motifs is 4. The molecular weight excluding hydrogens is 628 g/mol. The van der Waals surface area contributed by atoms with Gasteiger partial charge in [0.25, 0.3) is 0 Å². The van der Waals surface area contributed by atoms with Crippen LogP contribution in [-0.4, -0.2) is 66.4 Å². The number of rotatable bonds is 6. The van der Waals surface area contributed by atoms with Crippen molar-refractivity contribution in [1.29, 1.82) is 0 Å². The van der Waals surface area contributed by atoms with Gasteiger partial charge in [-0.3, -0.25) is 9.59 Å². The first-order chi connectivity index (χ1) is 23.3. The maximum absolute atomic E-state index is 13.9. The highest BCUT2D eigenvalue weighted by Crippen LogP contribution is 2.72. The highest BCUT2D eigenvalue weighted by molar-refractivity contribution is 5.87. The Hall–Kier alpha value is -3.73. The standard InChI is InChI=1S/C39H46O10/c1-21-26(25-14-15-44-19-25)16-27-33(21)39(6)28(17-32(43)48-27)38(5)30(47-23(3)41)18-29(46-22(2)40)37(4)20-45-34(35(37)38)36(39)49-31(42)13-12-24-10-8-7-9-11-24/h7-15,19,26-30,32,34-36,43H,16-18,20H2,1-6H3. The van der Waals surface area contributed by atoms with Gasteiger partial charge >= 0.3 is 17.9 Å². The van der Waals surface area contributed by atoms with Gasteiger partial charge in [0.2, 0.25) is 0 Å². The molecule has 2 saturated carbocycles. The number of ether oxygens (including phenoxy) is 5. The minimum absolute atomic E-state index is 0.0416. The molecule has 10 nitrogen and oxygen atoms in total. The van der Waals surface area contributed by atoms with E-state index in [4.69, 9.17) is 28.1 Å². The van der Waals surface area contributed by atoms with Crippen molar-refractivity contribution in [3.05, 3.63) is 77.3 Å². The fourth-order valence-corrected chi connectivity index (χ4v) is 10.8. The van der Waals surface area contributed by atoms with Crippen molar-refractivity contribution < 1.29 is 47.6 Å². The zero-order valence-electron chi connectivity index (χ0n) is 28.9. The second-order valence-electron chi connectivity index (χ2n) is 15.3. The van der Waals surface area contributed by atoms with Gasteiger partial charge in [0.15, 0.2) is 6.29 Å². The Kier molecular flexibility index (Phi) is 8.44. The van der Waals surface area contributed by atoms with Crippen LogP contribution in [0.5, 0.6) is 0 Å². The van der Waals surface area contributed by atoms with E-state index in [0.29, 0.717) is 6.42 Å². The van der Waals surface area contributed by atoms with Crippen LogP contribution in [0.2, 0.25) is 0 Å². The topological polar surface area (TPSA) is 131 Å². The number of hydrogen-bond donors (Lipinski definition) is 1. The van der Waals surface area contributed by atoms with Crippen LogP contribution in [-0.2, 0) is 38.1 Å². The molecule has 4 fully saturated rings. The number of carbonyl (C=O) groups excluding carboxylic acids is 3. The number of allylic oxidation sites excluding steroid dienone is 1. The van der Waals surface area contributed by atoms with E-state index >= 15 is 0 Å². The number of aliphatic hydroxyl groups excluding tert-OH is 1. The van der Waals surface area contributed by atoms with Crippen LogP contribution in [0.3, 0.4) is 0 Å². The van der Waals surface area contributed by atoms with E-state index in [-0.39, 0.29) is 31.3 Å². The fraction of sp³-hybridized carbons (Fsp3) is 0.564. The smallest absolute Gasteiger partial charge is 0.331 e. The average molecular weight is 675 g/mol. The quantitative estimate of drug-likeness (QED) is 0.175. The molecule has 0 radical (unpaired) electrons. The zero-order valence-corrected chi connectivity index (χ0v) is 28.9. The predicted octanol–water partition coefficient (Wildman–Crippen LogP) is 5.75. The summed E-state index contributed by atoms with van der Waals surface area (Å²) in [5.41, 5.74) is 1.45. The predicted molar refractivity (Wildman–Crippen MR) is 176 cm³/mol. The van der Waals surface area contributed by atoms with Crippen molar-refractivity contribution in [1.82, 2.24) is 0 Å². The van der Waals surface area contributed by atoms with Gasteiger partial charge in [-0.25, -0.2) is 4.79 Å². The van der Waals surface area contributed by atoms with E-state index in [2.05, 4.69) is 20.8 Å². The molecule has 3 aliphatic carbocycles. The number of aliphatic hydroxyl groups is 1. The van der Waals surface area contributed by atoms with E-state index in [1.807, 2.05) is 43.3 Å². The molecule has 2 saturated heterocycles. The maximum atomic E-state index is 13.9. The van der Waals surface area contributed by atoms with Crippen LogP contribution in [0.15, 0.2) is 70.6 Å². The van der Waals surface area contributed by atoms with E-state index in [1.165, 1.54) is 19.9 Å². The fourth-order valence-electron chi connectivity index (χ4n) is 10.8. The van der Waals surface area contributed by atoms with Crippen molar-refractivity contribution in [3.63, 3.8) is 0 Å². The van der Waals surface area contributed by atoms with Crippen molar-refractivity contribution in [2.75, 3.05) is 6.61 Å². The molecule has 1 N–H and O–H groups in total. The monoisotopic (exact) mass is 674 g/mol. The molecule has 49 heavy (non-hydrogen) atoms. The Morgan fingerprint density at radius 2 is 1.65 bits per heavy atom. The van der Waals surface area contributed by atoms with Crippen LogP contribution in [0, 0.1) is 28.1 Å². The summed E-state index contributed by atoms with van der Waals surface area (Å²) < 4.78 is 37.5. The van der Waals surface area contributed by atoms with Gasteiger partial charge in [-0.15, -0.1) is 0 Å². The van der Waals surface area contributed by atoms with Crippen molar-refractivity contribution in [3.8, 4) is 0 Å². The molecule has 5 aliphatic rings. The molecule has 7 rings (SSSR count). The van der Waals surface area contributed by atoms with Gasteiger partial charge in [-0.2, -0.15) is 0 Å². The summed E-state index contributed by atoms with van der Waals surface area (Å²) in [6.07, 6.45) is 3.23. The zero-order chi connectivity index (χ0) is 34.9. The number of furan rings is 1. The molecule has 1 aromatic carbocycles. The number of esters is 3. The lowest BCUT2D eigenvalue weighted by atomic mass is 9.39. The molecule has 2 aliphatic heterocycles. The van der Waals surface area contributed by atoms with Crippen molar-refractivity contribution in [2.24, 2.45) is 28.1 Å². The van der Waals surface area contributed by atoms with E-state index < -0.39 is 76.9 Å². The Morgan fingerprint density at radius 3 is 2.33 bits per heavy atom. The SMILES string of the molecule is CC(=O)OC1CC(OC(C)=O)C2(C)C3C(OCC13C)C(OC(=O)C=Cc1ccccc1)C1(C)C3=C(C)C(c4ccoc4)CC3OC(O)CC12. The van der Waals surface area contributed by atoms with Crippen molar-refractivity contribution >= 4 is 24.0 Å². The lowest BCUT2D eigenvalue weighted by Crippen LogP contribution is -2.72. The summed E-state index contributed by atoms with van der Waals surface area (Å²) in [5, 5.41) is 11.6. The van der Waals surface area contributed by atoms with Gasteiger partial charge in [0, 0.05) is 60.8 Å². The van der Waals surface area contributed by atoms with E-state index in [0.717, 1.165) is 22.3 Å². The minimum atomic E-state index is -1.14. The van der Waals surface area contributed by atoms with Gasteiger partial charge in [0.1, 0.15) is 18.3 Å². The molecule has 2 aromatic rings. The van der Waals surface area contributed by atoms with Crippen molar-refractivity contribution in [2.45, 2.75) is 104 Å². The highest BCUT2D eigenvalue weighted by Gasteiger charge is 2.77.